The highest BCUT2D eigenvalue weighted by atomic mass is 35.5. The number of halogens is 1. The molecular formula is C16H18ClN3O3S2. The van der Waals surface area contributed by atoms with Crippen LogP contribution >= 0.6 is 34.7 Å². The third-order valence-electron chi connectivity index (χ3n) is 3.13. The van der Waals surface area contributed by atoms with Gasteiger partial charge in [0, 0.05) is 5.56 Å². The number of nitrogens with one attached hydrogen (secondary N) is 1. The fourth-order valence-electron chi connectivity index (χ4n) is 1.95. The highest BCUT2D eigenvalue weighted by molar-refractivity contribution is 8.01. The number of nitrogens with zero attached hydrogens (tertiary/aromatic N) is 2. The molecule has 1 heterocycles. The summed E-state index contributed by atoms with van der Waals surface area (Å²) >= 11 is 8.65. The lowest BCUT2D eigenvalue weighted by Crippen LogP contribution is -2.26. The number of hydrogen-bond acceptors (Lipinski definition) is 7. The summed E-state index contributed by atoms with van der Waals surface area (Å²) in [7, 11) is 0. The molecule has 0 saturated carbocycles. The molecule has 2 aromatic rings. The van der Waals surface area contributed by atoms with Crippen LogP contribution in [0.15, 0.2) is 24.3 Å². The minimum Gasteiger partial charge on any atom is -0.465 e. The highest BCUT2D eigenvalue weighted by Crippen LogP contribution is 2.31. The molecule has 0 unspecified atom stereocenters. The number of carbonyl (C=O) groups excluding carboxylic acids is 2. The molecule has 25 heavy (non-hydrogen) atoms. The molecule has 0 fully saturated rings. The maximum atomic E-state index is 12.4. The normalized spacial score (nSPS) is 11.8. The van der Waals surface area contributed by atoms with Crippen molar-refractivity contribution in [1.82, 2.24) is 10.2 Å². The third-order valence-corrected chi connectivity index (χ3v) is 5.68. The lowest BCUT2D eigenvalue weighted by Gasteiger charge is -2.12. The van der Waals surface area contributed by atoms with Crippen molar-refractivity contribution in [3.05, 3.63) is 29.3 Å². The van der Waals surface area contributed by atoms with Crippen molar-refractivity contribution in [1.29, 1.82) is 0 Å². The summed E-state index contributed by atoms with van der Waals surface area (Å²) in [4.78, 5) is 23.8. The number of anilines is 1. The highest BCUT2D eigenvalue weighted by Gasteiger charge is 2.20. The second-order valence-electron chi connectivity index (χ2n) is 4.89. The standard InChI is InChI=1S/C16H18ClN3O3S2/c1-3-12(24-9-13(21)23-4-2)14(22)18-16-20-19-15(25-16)10-7-5-6-8-11(10)17/h5-8,12H,3-4,9H2,1-2H3,(H,18,20,22)/t12-/m0/s1. The van der Waals surface area contributed by atoms with E-state index in [4.69, 9.17) is 16.3 Å². The first-order chi connectivity index (χ1) is 12.0. The monoisotopic (exact) mass is 399 g/mol. The van der Waals surface area contributed by atoms with Crippen LogP contribution in [-0.2, 0) is 14.3 Å². The number of benzene rings is 1. The fourth-order valence-corrected chi connectivity index (χ4v) is 3.89. The molecule has 0 aliphatic heterocycles. The van der Waals surface area contributed by atoms with Gasteiger partial charge < -0.3 is 4.74 Å². The number of hydrogen-bond donors (Lipinski definition) is 1. The van der Waals surface area contributed by atoms with Gasteiger partial charge in [-0.3, -0.25) is 14.9 Å². The first kappa shape index (κ1) is 19.7. The third kappa shape index (κ3) is 5.69. The van der Waals surface area contributed by atoms with Crippen molar-refractivity contribution in [2.75, 3.05) is 17.7 Å². The van der Waals surface area contributed by atoms with Crippen LogP contribution in [0.2, 0.25) is 5.02 Å². The zero-order valence-corrected chi connectivity index (χ0v) is 16.2. The number of ether oxygens (including phenoxy) is 1. The van der Waals surface area contributed by atoms with Crippen molar-refractivity contribution < 1.29 is 14.3 Å². The number of thioether (sulfide) groups is 1. The van der Waals surface area contributed by atoms with Crippen LogP contribution in [0.4, 0.5) is 5.13 Å². The second-order valence-corrected chi connectivity index (χ2v) is 7.47. The lowest BCUT2D eigenvalue weighted by molar-refractivity contribution is -0.139. The van der Waals surface area contributed by atoms with Crippen molar-refractivity contribution in [3.63, 3.8) is 0 Å². The Morgan fingerprint density at radius 3 is 2.76 bits per heavy atom. The van der Waals surface area contributed by atoms with E-state index in [1.807, 2.05) is 25.1 Å². The molecule has 1 N–H and O–H groups in total. The zero-order valence-electron chi connectivity index (χ0n) is 13.8. The van der Waals surface area contributed by atoms with Crippen molar-refractivity contribution in [2.24, 2.45) is 0 Å². The number of esters is 1. The molecule has 0 bridgehead atoms. The molecule has 2 rings (SSSR count). The van der Waals surface area contributed by atoms with Gasteiger partial charge in [0.2, 0.25) is 11.0 Å². The van der Waals surface area contributed by atoms with Crippen LogP contribution in [-0.4, -0.2) is 39.7 Å². The van der Waals surface area contributed by atoms with Gasteiger partial charge in [-0.15, -0.1) is 22.0 Å². The Kier molecular flexibility index (Phi) is 7.67. The largest absolute Gasteiger partial charge is 0.465 e. The molecule has 1 aromatic heterocycles. The molecule has 1 atom stereocenters. The van der Waals surface area contributed by atoms with Crippen LogP contribution in [0.25, 0.3) is 10.6 Å². The SMILES string of the molecule is CCOC(=O)CS[C@@H](CC)C(=O)Nc1nnc(-c2ccccc2Cl)s1. The summed E-state index contributed by atoms with van der Waals surface area (Å²) in [6, 6.07) is 7.32. The molecule has 6 nitrogen and oxygen atoms in total. The quantitative estimate of drug-likeness (QED) is 0.678. The predicted octanol–water partition coefficient (Wildman–Crippen LogP) is 3.87. The molecule has 0 radical (unpaired) electrons. The van der Waals surface area contributed by atoms with Gasteiger partial charge in [-0.25, -0.2) is 0 Å². The lowest BCUT2D eigenvalue weighted by atomic mass is 10.2. The first-order valence-electron chi connectivity index (χ1n) is 7.71. The predicted molar refractivity (Wildman–Crippen MR) is 102 cm³/mol. The molecule has 0 spiro atoms. The van der Waals surface area contributed by atoms with E-state index in [2.05, 4.69) is 15.5 Å². The summed E-state index contributed by atoms with van der Waals surface area (Å²) in [5.41, 5.74) is 0.769. The van der Waals surface area contributed by atoms with Gasteiger partial charge in [0.05, 0.1) is 22.6 Å². The second kappa shape index (κ2) is 9.74. The van der Waals surface area contributed by atoms with Crippen LogP contribution in [0.3, 0.4) is 0 Å². The average molecular weight is 400 g/mol. The Balaban J connectivity index is 1.98. The van der Waals surface area contributed by atoms with Gasteiger partial charge >= 0.3 is 5.97 Å². The van der Waals surface area contributed by atoms with Gasteiger partial charge in [-0.05, 0) is 19.4 Å². The number of amides is 1. The van der Waals surface area contributed by atoms with Crippen LogP contribution in [0.1, 0.15) is 20.3 Å². The zero-order chi connectivity index (χ0) is 18.2. The van der Waals surface area contributed by atoms with E-state index in [1.165, 1.54) is 23.1 Å². The summed E-state index contributed by atoms with van der Waals surface area (Å²) in [5.74, 6) is -0.393. The maximum Gasteiger partial charge on any atom is 0.315 e. The van der Waals surface area contributed by atoms with Crippen molar-refractivity contribution in [3.8, 4) is 10.6 Å². The van der Waals surface area contributed by atoms with E-state index in [9.17, 15) is 9.59 Å². The van der Waals surface area contributed by atoms with Crippen LogP contribution < -0.4 is 5.32 Å². The van der Waals surface area contributed by atoms with Gasteiger partial charge in [0.15, 0.2) is 5.01 Å². The Hall–Kier alpha value is -1.64. The molecule has 1 amide bonds. The van der Waals surface area contributed by atoms with Gasteiger partial charge in [-0.2, -0.15) is 0 Å². The summed E-state index contributed by atoms with van der Waals surface area (Å²) < 4.78 is 4.87. The number of rotatable bonds is 8. The Bertz CT molecular complexity index is 739. The molecule has 1 aromatic carbocycles. The Morgan fingerprint density at radius 2 is 2.08 bits per heavy atom. The van der Waals surface area contributed by atoms with E-state index >= 15 is 0 Å². The van der Waals surface area contributed by atoms with E-state index in [0.717, 1.165) is 5.56 Å². The van der Waals surface area contributed by atoms with Crippen LogP contribution in [0, 0.1) is 0 Å². The van der Waals surface area contributed by atoms with E-state index in [0.29, 0.717) is 28.2 Å². The number of aromatic nitrogens is 2. The molecule has 9 heteroatoms. The minimum absolute atomic E-state index is 0.140. The number of carbonyl (C=O) groups is 2. The molecule has 0 saturated heterocycles. The first-order valence-corrected chi connectivity index (χ1v) is 9.96. The summed E-state index contributed by atoms with van der Waals surface area (Å²) in [5, 5.41) is 12.1. The molecule has 134 valence electrons. The van der Waals surface area contributed by atoms with E-state index in [1.54, 1.807) is 13.0 Å². The van der Waals surface area contributed by atoms with Gasteiger partial charge in [-0.1, -0.05) is 48.1 Å². The summed E-state index contributed by atoms with van der Waals surface area (Å²) in [6.45, 7) is 3.97. The van der Waals surface area contributed by atoms with Crippen molar-refractivity contribution in [2.45, 2.75) is 25.5 Å². The maximum absolute atomic E-state index is 12.4. The topological polar surface area (TPSA) is 81.2 Å². The fraction of sp³-hybridized carbons (Fsp3) is 0.375. The average Bonchev–Trinajstić information content (AvgIpc) is 3.04. The van der Waals surface area contributed by atoms with Crippen LogP contribution in [0.5, 0.6) is 0 Å². The van der Waals surface area contributed by atoms with E-state index in [-0.39, 0.29) is 22.9 Å². The minimum atomic E-state index is -0.364. The molecule has 0 aliphatic carbocycles. The molecule has 0 aliphatic rings. The summed E-state index contributed by atoms with van der Waals surface area (Å²) in [6.07, 6.45) is 0.589. The van der Waals surface area contributed by atoms with Gasteiger partial charge in [0.25, 0.3) is 0 Å². The molecular weight excluding hydrogens is 382 g/mol. The Labute approximate surface area is 159 Å². The van der Waals surface area contributed by atoms with Gasteiger partial charge in [0.1, 0.15) is 0 Å². The van der Waals surface area contributed by atoms with E-state index < -0.39 is 0 Å². The Morgan fingerprint density at radius 1 is 1.32 bits per heavy atom. The smallest absolute Gasteiger partial charge is 0.315 e. The van der Waals surface area contributed by atoms with Crippen molar-refractivity contribution >= 4 is 51.7 Å².